The second-order valence-electron chi connectivity index (χ2n) is 4.74. The summed E-state index contributed by atoms with van der Waals surface area (Å²) in [5.74, 6) is 0. The average molecular weight is 450 g/mol. The van der Waals surface area contributed by atoms with Crippen LogP contribution >= 0.6 is 31.3 Å². The number of unbranched alkanes of at least 4 members (excludes halogenated alkanes) is 5. The van der Waals surface area contributed by atoms with Crippen molar-refractivity contribution in [2.75, 3.05) is 6.61 Å². The average Bonchev–Trinajstić information content (AvgIpc) is 2.31. The third-order valence-corrected chi connectivity index (χ3v) is 7.86. The second-order valence-corrected chi connectivity index (χ2v) is 10.8. The van der Waals surface area contributed by atoms with Crippen molar-refractivity contribution in [1.29, 1.82) is 0 Å². The van der Waals surface area contributed by atoms with Gasteiger partial charge in [-0.15, -0.1) is 0 Å². The van der Waals surface area contributed by atoms with E-state index in [1.54, 1.807) is 0 Å². The summed E-state index contributed by atoms with van der Waals surface area (Å²) in [6.45, 7) is 1.74. The van der Waals surface area contributed by atoms with Gasteiger partial charge in [0.15, 0.2) is 0 Å². The molecule has 0 aliphatic rings. The largest absolute Gasteiger partial charge is 0.490 e. The van der Waals surface area contributed by atoms with Crippen molar-refractivity contribution in [3.8, 4) is 0 Å². The van der Waals surface area contributed by atoms with Gasteiger partial charge in [-0.3, -0.25) is 4.52 Å². The molecule has 0 heterocycles. The molecule has 0 saturated heterocycles. The van der Waals surface area contributed by atoms with Crippen molar-refractivity contribution in [3.05, 3.63) is 0 Å². The molecule has 3 atom stereocenters. The maximum atomic E-state index is 11.5. The minimum absolute atomic E-state index is 0.296. The van der Waals surface area contributed by atoms with Gasteiger partial charge in [-0.25, -0.2) is 18.3 Å². The van der Waals surface area contributed by atoms with E-state index in [1.807, 2.05) is 6.92 Å². The van der Waals surface area contributed by atoms with E-state index < -0.39 is 31.3 Å². The molecule has 3 unspecified atom stereocenters. The second kappa shape index (κ2) is 10.8. The van der Waals surface area contributed by atoms with E-state index >= 15 is 0 Å². The van der Waals surface area contributed by atoms with E-state index in [-0.39, 0.29) is 6.61 Å². The molecule has 0 aromatic heterocycles. The van der Waals surface area contributed by atoms with Gasteiger partial charge in [-0.05, 0) is 6.42 Å². The lowest BCUT2D eigenvalue weighted by molar-refractivity contribution is 0.167. The molecule has 0 fully saturated rings. The van der Waals surface area contributed by atoms with Crippen LogP contribution in [0.1, 0.15) is 45.4 Å². The van der Waals surface area contributed by atoms with Crippen LogP contribution < -0.4 is 0 Å². The Hall–Kier alpha value is 0.560. The van der Waals surface area contributed by atoms with Crippen LogP contribution in [0.25, 0.3) is 0 Å². The molecule has 25 heavy (non-hydrogen) atoms. The zero-order valence-corrected chi connectivity index (χ0v) is 16.8. The van der Waals surface area contributed by atoms with E-state index in [9.17, 15) is 23.2 Å². The Morgan fingerprint density at radius 2 is 1.08 bits per heavy atom. The lowest BCUT2D eigenvalue weighted by Gasteiger charge is -2.18. The molecule has 0 radical (unpaired) electrons. The molecule has 152 valence electrons. The van der Waals surface area contributed by atoms with Crippen LogP contribution in [-0.2, 0) is 35.7 Å². The maximum Gasteiger partial charge on any atom is 0.490 e. The van der Waals surface area contributed by atoms with Gasteiger partial charge in [0.05, 0.1) is 6.61 Å². The molecule has 0 aliphatic carbocycles. The summed E-state index contributed by atoms with van der Waals surface area (Å²) in [5.41, 5.74) is 0. The highest BCUT2D eigenvalue weighted by Crippen LogP contribution is 2.70. The first-order valence-corrected chi connectivity index (χ1v) is 13.0. The molecule has 0 spiro atoms. The SMILES string of the molecule is CCCCCCCCOP(=O)(O)OP(=O)(O)OP(=O)(O)OP(=O)(O)O. The van der Waals surface area contributed by atoms with Crippen molar-refractivity contribution in [3.63, 3.8) is 0 Å². The summed E-state index contributed by atoms with van der Waals surface area (Å²) in [5, 5.41) is 0. The van der Waals surface area contributed by atoms with Gasteiger partial charge in [0, 0.05) is 0 Å². The van der Waals surface area contributed by atoms with Gasteiger partial charge in [0.25, 0.3) is 0 Å². The van der Waals surface area contributed by atoms with Crippen LogP contribution in [0.2, 0.25) is 0 Å². The molecule has 0 saturated carbocycles. The third kappa shape index (κ3) is 15.3. The van der Waals surface area contributed by atoms with Gasteiger partial charge in [-0.1, -0.05) is 39.0 Å². The normalized spacial score (nSPS) is 19.8. The molecule has 17 heteroatoms. The summed E-state index contributed by atoms with van der Waals surface area (Å²) in [6.07, 6.45) is 4.97. The van der Waals surface area contributed by atoms with Gasteiger partial charge in [-0.2, -0.15) is 12.9 Å². The van der Waals surface area contributed by atoms with Crippen LogP contribution in [-0.4, -0.2) is 31.1 Å². The zero-order valence-electron chi connectivity index (χ0n) is 13.2. The fourth-order valence-corrected chi connectivity index (χ4v) is 6.00. The van der Waals surface area contributed by atoms with Crippen molar-refractivity contribution >= 4 is 31.3 Å². The minimum Gasteiger partial charge on any atom is -0.302 e. The maximum absolute atomic E-state index is 11.5. The van der Waals surface area contributed by atoms with Gasteiger partial charge < -0.3 is 24.5 Å². The van der Waals surface area contributed by atoms with E-state index in [1.165, 1.54) is 0 Å². The molecule has 0 aromatic rings. The lowest BCUT2D eigenvalue weighted by atomic mass is 10.1. The number of hydrogen-bond donors (Lipinski definition) is 5. The monoisotopic (exact) mass is 450 g/mol. The number of phosphoric ester groups is 1. The lowest BCUT2D eigenvalue weighted by Crippen LogP contribution is -1.99. The summed E-state index contributed by atoms with van der Waals surface area (Å²) in [4.78, 5) is 43.9. The first-order valence-electron chi connectivity index (χ1n) is 7.00. The first-order chi connectivity index (χ1) is 11.2. The smallest absolute Gasteiger partial charge is 0.302 e. The predicted octanol–water partition coefficient (Wildman–Crippen LogP) is 2.81. The molecular weight excluding hydrogens is 428 g/mol. The van der Waals surface area contributed by atoms with Gasteiger partial charge in [0.2, 0.25) is 0 Å². The summed E-state index contributed by atoms with van der Waals surface area (Å²) in [7, 11) is -22.1. The highest BCUT2D eigenvalue weighted by Gasteiger charge is 2.44. The van der Waals surface area contributed by atoms with Crippen LogP contribution in [0.15, 0.2) is 0 Å². The number of phosphoric acid groups is 4. The quantitative estimate of drug-likeness (QED) is 0.191. The van der Waals surface area contributed by atoms with E-state index in [4.69, 9.17) is 19.6 Å². The topological polar surface area (TPSA) is 206 Å². The van der Waals surface area contributed by atoms with E-state index in [2.05, 4.69) is 17.5 Å². The predicted molar refractivity (Wildman–Crippen MR) is 84.1 cm³/mol. The van der Waals surface area contributed by atoms with Crippen molar-refractivity contribution < 1.29 is 60.2 Å². The van der Waals surface area contributed by atoms with Gasteiger partial charge in [0.1, 0.15) is 0 Å². The Balaban J connectivity index is 4.41. The van der Waals surface area contributed by atoms with Crippen molar-refractivity contribution in [2.45, 2.75) is 45.4 Å². The Morgan fingerprint density at radius 3 is 1.60 bits per heavy atom. The Kier molecular flexibility index (Phi) is 11.0. The summed E-state index contributed by atoms with van der Waals surface area (Å²) in [6, 6.07) is 0. The molecule has 0 amide bonds. The minimum atomic E-state index is -5.76. The number of hydrogen-bond acceptors (Lipinski definition) is 8. The van der Waals surface area contributed by atoms with Crippen molar-refractivity contribution in [2.24, 2.45) is 0 Å². The van der Waals surface area contributed by atoms with Crippen molar-refractivity contribution in [1.82, 2.24) is 0 Å². The molecule has 0 rings (SSSR count). The van der Waals surface area contributed by atoms with E-state index in [0.29, 0.717) is 12.8 Å². The standard InChI is InChI=1S/C8H22O13P4/c1-2-3-4-5-6-7-8-18-23(12,13)20-25(16,17)21-24(14,15)19-22(9,10)11/h2-8H2,1H3,(H,12,13)(H,14,15)(H,16,17)(H2,9,10,11). The highest BCUT2D eigenvalue weighted by atomic mass is 31.3. The molecule has 5 N–H and O–H groups in total. The first kappa shape index (κ1) is 25.6. The van der Waals surface area contributed by atoms with Crippen LogP contribution in [0.5, 0.6) is 0 Å². The Labute approximate surface area is 144 Å². The molecule has 0 aliphatic heterocycles. The van der Waals surface area contributed by atoms with E-state index in [0.717, 1.165) is 25.7 Å². The van der Waals surface area contributed by atoms with Gasteiger partial charge >= 0.3 is 31.3 Å². The Morgan fingerprint density at radius 1 is 0.640 bits per heavy atom. The highest BCUT2D eigenvalue weighted by molar-refractivity contribution is 7.69. The van der Waals surface area contributed by atoms with Crippen LogP contribution in [0.4, 0.5) is 0 Å². The fourth-order valence-electron chi connectivity index (χ4n) is 1.51. The number of rotatable bonds is 14. The summed E-state index contributed by atoms with van der Waals surface area (Å²) >= 11 is 0. The fraction of sp³-hybridized carbons (Fsp3) is 1.00. The van der Waals surface area contributed by atoms with Crippen LogP contribution in [0, 0.1) is 0 Å². The molecular formula is C8H22O13P4. The molecule has 0 bridgehead atoms. The zero-order chi connectivity index (χ0) is 19.8. The third-order valence-electron chi connectivity index (χ3n) is 2.37. The summed E-state index contributed by atoms with van der Waals surface area (Å²) < 4.78 is 59.2. The molecule has 13 nitrogen and oxygen atoms in total. The van der Waals surface area contributed by atoms with Crippen LogP contribution in [0.3, 0.4) is 0 Å². The Bertz CT molecular complexity index is 585. The molecule has 0 aromatic carbocycles.